The van der Waals surface area contributed by atoms with Gasteiger partial charge in [0.2, 0.25) is 0 Å². The van der Waals surface area contributed by atoms with Gasteiger partial charge < -0.3 is 4.40 Å². The summed E-state index contributed by atoms with van der Waals surface area (Å²) in [5, 5.41) is 0. The molecule has 0 saturated heterocycles. The van der Waals surface area contributed by atoms with E-state index in [1.165, 1.54) is 24.0 Å². The van der Waals surface area contributed by atoms with E-state index in [1.54, 1.807) is 12.1 Å². The lowest BCUT2D eigenvalue weighted by molar-refractivity contribution is 0.599. The maximum atomic E-state index is 12.6. The van der Waals surface area contributed by atoms with Gasteiger partial charge in [0.1, 0.15) is 5.71 Å². The summed E-state index contributed by atoms with van der Waals surface area (Å²) < 4.78 is 31.4. The molecule has 0 spiro atoms. The molecular weight excluding hydrogens is 356 g/mol. The van der Waals surface area contributed by atoms with Crippen molar-refractivity contribution in [1.29, 1.82) is 0 Å². The van der Waals surface area contributed by atoms with Crippen molar-refractivity contribution < 1.29 is 8.42 Å². The molecule has 1 aliphatic heterocycles. The highest BCUT2D eigenvalue weighted by Gasteiger charge is 2.32. The van der Waals surface area contributed by atoms with Gasteiger partial charge >= 0.3 is 0 Å². The van der Waals surface area contributed by atoms with E-state index >= 15 is 0 Å². The topological polar surface area (TPSA) is 50.9 Å². The summed E-state index contributed by atoms with van der Waals surface area (Å²) in [5.41, 5.74) is 6.92. The zero-order chi connectivity index (χ0) is 18.6. The van der Waals surface area contributed by atoms with E-state index in [0.717, 1.165) is 29.6 Å². The quantitative estimate of drug-likeness (QED) is 0.648. The lowest BCUT2D eigenvalue weighted by Gasteiger charge is -2.13. The van der Waals surface area contributed by atoms with Crippen LogP contribution in [0.4, 0.5) is 0 Å². The highest BCUT2D eigenvalue weighted by atomic mass is 32.2. The highest BCUT2D eigenvalue weighted by molar-refractivity contribution is 7.90. The normalized spacial score (nSPS) is 18.3. The second kappa shape index (κ2) is 5.92. The molecule has 3 heterocycles. The van der Waals surface area contributed by atoms with Gasteiger partial charge in [-0.05, 0) is 61.9 Å². The molecule has 5 heteroatoms. The second-order valence-electron chi connectivity index (χ2n) is 7.19. The summed E-state index contributed by atoms with van der Waals surface area (Å²) in [4.78, 5) is 0.295. The zero-order valence-electron chi connectivity index (χ0n) is 15.1. The molecule has 5 rings (SSSR count). The van der Waals surface area contributed by atoms with Gasteiger partial charge in [-0.2, -0.15) is 12.8 Å². The molecule has 0 saturated carbocycles. The van der Waals surface area contributed by atoms with E-state index in [-0.39, 0.29) is 0 Å². The van der Waals surface area contributed by atoms with Crippen molar-refractivity contribution in [2.75, 3.05) is 0 Å². The largest absolute Gasteiger partial charge is 0.314 e. The van der Waals surface area contributed by atoms with E-state index in [4.69, 9.17) is 0 Å². The summed E-state index contributed by atoms with van der Waals surface area (Å²) >= 11 is 0. The Morgan fingerprint density at radius 1 is 1.04 bits per heavy atom. The van der Waals surface area contributed by atoms with Crippen molar-refractivity contribution in [1.82, 2.24) is 4.40 Å². The fourth-order valence-electron chi connectivity index (χ4n) is 4.37. The highest BCUT2D eigenvalue weighted by Crippen LogP contribution is 2.38. The first-order chi connectivity index (χ1) is 13.1. The molecule has 0 bridgehead atoms. The smallest absolute Gasteiger partial charge is 0.283 e. The van der Waals surface area contributed by atoms with Gasteiger partial charge in [-0.3, -0.25) is 0 Å². The van der Waals surface area contributed by atoms with Gasteiger partial charge in [0.05, 0.1) is 16.1 Å². The molecule has 0 atom stereocenters. The summed E-state index contributed by atoms with van der Waals surface area (Å²) in [7, 11) is -3.64. The number of hydrogen-bond acceptors (Lipinski definition) is 2. The lowest BCUT2D eigenvalue weighted by atomic mass is 9.91. The monoisotopic (exact) mass is 376 g/mol. The van der Waals surface area contributed by atoms with E-state index in [0.29, 0.717) is 16.2 Å². The van der Waals surface area contributed by atoms with E-state index < -0.39 is 10.0 Å². The van der Waals surface area contributed by atoms with Crippen LogP contribution in [0, 0.1) is 6.92 Å². The Kier molecular flexibility index (Phi) is 3.62. The van der Waals surface area contributed by atoms with Crippen LogP contribution < -0.4 is 0 Å². The molecule has 0 unspecified atom stereocenters. The minimum Gasteiger partial charge on any atom is -0.314 e. The van der Waals surface area contributed by atoms with Crippen LogP contribution in [0.3, 0.4) is 0 Å². The molecule has 0 N–H and O–H groups in total. The van der Waals surface area contributed by atoms with E-state index in [2.05, 4.69) is 27.9 Å². The summed E-state index contributed by atoms with van der Waals surface area (Å²) in [6, 6.07) is 13.2. The van der Waals surface area contributed by atoms with Crippen LogP contribution >= 0.6 is 0 Å². The number of benzene rings is 1. The number of aromatic nitrogens is 1. The lowest BCUT2D eigenvalue weighted by Crippen LogP contribution is -2.06. The van der Waals surface area contributed by atoms with Crippen molar-refractivity contribution in [2.24, 2.45) is 4.40 Å². The Labute approximate surface area is 158 Å². The molecule has 0 fully saturated rings. The number of nitrogens with zero attached hydrogens (tertiary/aromatic N) is 2. The average Bonchev–Trinajstić information content (AvgIpc) is 3.13. The van der Waals surface area contributed by atoms with Crippen molar-refractivity contribution in [3.63, 3.8) is 0 Å². The number of pyridine rings is 1. The Morgan fingerprint density at radius 3 is 2.67 bits per heavy atom. The molecule has 4 nitrogen and oxygen atoms in total. The molecule has 3 aromatic rings. The van der Waals surface area contributed by atoms with Crippen LogP contribution in [0.5, 0.6) is 0 Å². The molecule has 136 valence electrons. The van der Waals surface area contributed by atoms with Gasteiger partial charge in [-0.15, -0.1) is 0 Å². The third kappa shape index (κ3) is 2.42. The third-order valence-corrected chi connectivity index (χ3v) is 6.89. The van der Waals surface area contributed by atoms with Crippen molar-refractivity contribution in [3.05, 3.63) is 77.1 Å². The predicted molar refractivity (Wildman–Crippen MR) is 108 cm³/mol. The maximum Gasteiger partial charge on any atom is 0.283 e. The van der Waals surface area contributed by atoms with Gasteiger partial charge in [-0.25, -0.2) is 0 Å². The summed E-state index contributed by atoms with van der Waals surface area (Å²) in [6.07, 6.45) is 8.94. The minimum absolute atomic E-state index is 0.295. The van der Waals surface area contributed by atoms with Crippen molar-refractivity contribution >= 4 is 26.8 Å². The maximum absolute atomic E-state index is 12.6. The van der Waals surface area contributed by atoms with Crippen LogP contribution in [0.2, 0.25) is 0 Å². The second-order valence-corrected chi connectivity index (χ2v) is 8.76. The SMILES string of the molecule is Cc1c(C2=CCCCC2)c2ccccn2c1C1=NS(=O)(=O)c2ccccc21. The van der Waals surface area contributed by atoms with E-state index in [9.17, 15) is 8.42 Å². The van der Waals surface area contributed by atoms with Crippen molar-refractivity contribution in [2.45, 2.75) is 37.5 Å². The van der Waals surface area contributed by atoms with Gasteiger partial charge in [0.15, 0.2) is 0 Å². The molecule has 2 aromatic heterocycles. The number of allylic oxidation sites excluding steroid dienone is 2. The molecule has 2 aliphatic rings. The Balaban J connectivity index is 1.84. The predicted octanol–water partition coefficient (Wildman–Crippen LogP) is 4.74. The van der Waals surface area contributed by atoms with Crippen LogP contribution in [0.1, 0.15) is 48.1 Å². The van der Waals surface area contributed by atoms with Gasteiger partial charge in [0.25, 0.3) is 10.0 Å². The van der Waals surface area contributed by atoms with Crippen molar-refractivity contribution in [3.8, 4) is 0 Å². The van der Waals surface area contributed by atoms with Crippen LogP contribution in [-0.4, -0.2) is 18.5 Å². The first kappa shape index (κ1) is 16.5. The minimum atomic E-state index is -3.64. The summed E-state index contributed by atoms with van der Waals surface area (Å²) in [5.74, 6) is 0. The van der Waals surface area contributed by atoms with E-state index in [1.807, 2.05) is 30.5 Å². The molecule has 1 aromatic carbocycles. The zero-order valence-corrected chi connectivity index (χ0v) is 16.0. The van der Waals surface area contributed by atoms with Crippen LogP contribution in [0.15, 0.2) is 64.0 Å². The number of fused-ring (bicyclic) bond motifs is 2. The third-order valence-electron chi connectivity index (χ3n) is 5.56. The van der Waals surface area contributed by atoms with Crippen LogP contribution in [-0.2, 0) is 10.0 Å². The molecule has 1 aliphatic carbocycles. The Morgan fingerprint density at radius 2 is 1.85 bits per heavy atom. The fourth-order valence-corrected chi connectivity index (χ4v) is 5.59. The number of rotatable bonds is 2. The number of hydrogen-bond donors (Lipinski definition) is 0. The van der Waals surface area contributed by atoms with Crippen LogP contribution in [0.25, 0.3) is 11.1 Å². The standard InChI is InChI=1S/C22H20N2O2S/c1-15-20(16-9-3-2-4-10-16)18-12-7-8-14-24(18)22(15)21-17-11-5-6-13-19(17)27(25,26)23-21/h5-9,11-14H,2-4,10H2,1H3. The van der Waals surface area contributed by atoms with Gasteiger partial charge in [0, 0.05) is 17.3 Å². The fraction of sp³-hybridized carbons (Fsp3) is 0.227. The molecule has 0 radical (unpaired) electrons. The Hall–Kier alpha value is -2.66. The molecule has 27 heavy (non-hydrogen) atoms. The van der Waals surface area contributed by atoms with Gasteiger partial charge in [-0.1, -0.05) is 30.3 Å². The molecule has 0 amide bonds. The first-order valence-corrected chi connectivity index (χ1v) is 10.8. The molecular formula is C22H20N2O2S. The number of sulfonamides is 1. The first-order valence-electron chi connectivity index (χ1n) is 9.32. The average molecular weight is 376 g/mol. The summed E-state index contributed by atoms with van der Waals surface area (Å²) in [6.45, 7) is 2.09. The Bertz CT molecular complexity index is 1250.